The Morgan fingerprint density at radius 3 is 2.14 bits per heavy atom. The van der Waals surface area contributed by atoms with Gasteiger partial charge >= 0.3 is 17.9 Å². The van der Waals surface area contributed by atoms with E-state index in [2.05, 4.69) is 4.74 Å². The Morgan fingerprint density at radius 2 is 1.64 bits per heavy atom. The topological polar surface area (TPSA) is 80.7 Å². The van der Waals surface area contributed by atoms with E-state index in [9.17, 15) is 14.4 Å². The fourth-order valence-corrected chi connectivity index (χ4v) is 0.761. The highest BCUT2D eigenvalue weighted by Gasteiger charge is 2.18. The van der Waals surface area contributed by atoms with E-state index in [0.717, 1.165) is 0 Å². The number of aliphatic carboxylic acids is 1. The lowest BCUT2D eigenvalue weighted by Crippen LogP contribution is -2.20. The second kappa shape index (κ2) is 4.18. The molecule has 1 rings (SSSR count). The first kappa shape index (κ1) is 9.91. The van der Waals surface area contributed by atoms with Gasteiger partial charge in [-0.15, -0.1) is 0 Å². The number of rotatable bonds is 1. The highest BCUT2D eigenvalue weighted by Crippen LogP contribution is 2.00. The molecule has 0 radical (unpaired) electrons. The second-order valence-electron chi connectivity index (χ2n) is 2.35. The van der Waals surface area contributed by atoms with Gasteiger partial charge < -0.3 is 9.84 Å². The van der Waals surface area contributed by atoms with Crippen molar-refractivity contribution in [1.82, 2.24) is 0 Å². The van der Waals surface area contributed by atoms with E-state index >= 15 is 0 Å². The second-order valence-corrected chi connectivity index (χ2v) is 2.35. The maximum absolute atomic E-state index is 11.1. The standard InChI is InChI=1S/C9H6O5/c10-7(11)9(13)14-8(12)6-4-2-1-3-5-6/h1-5H,(H,10,11). The average molecular weight is 194 g/mol. The summed E-state index contributed by atoms with van der Waals surface area (Å²) in [6.45, 7) is 0. The summed E-state index contributed by atoms with van der Waals surface area (Å²) in [4.78, 5) is 31.6. The van der Waals surface area contributed by atoms with Crippen molar-refractivity contribution >= 4 is 17.9 Å². The van der Waals surface area contributed by atoms with Crippen LogP contribution < -0.4 is 0 Å². The molecule has 0 spiro atoms. The number of hydrogen-bond donors (Lipinski definition) is 1. The van der Waals surface area contributed by atoms with Gasteiger partial charge in [0, 0.05) is 0 Å². The molecule has 0 aromatic heterocycles. The average Bonchev–Trinajstić information content (AvgIpc) is 2.19. The number of hydrogen-bond acceptors (Lipinski definition) is 4. The molecule has 0 bridgehead atoms. The van der Waals surface area contributed by atoms with E-state index in [1.807, 2.05) is 0 Å². The fraction of sp³-hybridized carbons (Fsp3) is 0. The molecule has 5 heteroatoms. The van der Waals surface area contributed by atoms with Crippen molar-refractivity contribution in [1.29, 1.82) is 0 Å². The van der Waals surface area contributed by atoms with Crippen LogP contribution in [0.5, 0.6) is 0 Å². The Balaban J connectivity index is 2.69. The Labute approximate surface area is 78.9 Å². The Morgan fingerprint density at radius 1 is 1.07 bits per heavy atom. The monoisotopic (exact) mass is 194 g/mol. The lowest BCUT2D eigenvalue weighted by atomic mass is 10.2. The predicted octanol–water partition coefficient (Wildman–Crippen LogP) is 0.455. The van der Waals surface area contributed by atoms with Crippen LogP contribution in [0, 0.1) is 0 Å². The van der Waals surface area contributed by atoms with Crippen molar-refractivity contribution in [3.8, 4) is 0 Å². The zero-order valence-electron chi connectivity index (χ0n) is 6.97. The molecule has 1 N–H and O–H groups in total. The minimum atomic E-state index is -1.80. The molecule has 0 aliphatic carbocycles. The van der Waals surface area contributed by atoms with Gasteiger partial charge in [0.05, 0.1) is 5.56 Å². The van der Waals surface area contributed by atoms with Crippen LogP contribution in [-0.4, -0.2) is 23.0 Å². The first-order valence-electron chi connectivity index (χ1n) is 3.65. The van der Waals surface area contributed by atoms with Gasteiger partial charge in [-0.05, 0) is 12.1 Å². The molecule has 0 atom stereocenters. The molecule has 0 heterocycles. The van der Waals surface area contributed by atoms with Crippen molar-refractivity contribution in [2.24, 2.45) is 0 Å². The molecule has 0 saturated carbocycles. The number of carbonyl (C=O) groups excluding carboxylic acids is 2. The maximum Gasteiger partial charge on any atom is 0.425 e. The third kappa shape index (κ3) is 2.41. The molecular formula is C9H6O5. The molecule has 0 aliphatic rings. The molecule has 0 fully saturated rings. The Bertz CT molecular complexity index is 368. The molecule has 5 nitrogen and oxygen atoms in total. The predicted molar refractivity (Wildman–Crippen MR) is 44.5 cm³/mol. The maximum atomic E-state index is 11.1. The van der Waals surface area contributed by atoms with Gasteiger partial charge in [-0.2, -0.15) is 0 Å². The first-order valence-corrected chi connectivity index (χ1v) is 3.65. The van der Waals surface area contributed by atoms with Gasteiger partial charge in [-0.25, -0.2) is 14.4 Å². The summed E-state index contributed by atoms with van der Waals surface area (Å²) < 4.78 is 4.02. The molecule has 0 saturated heterocycles. The van der Waals surface area contributed by atoms with E-state index in [0.29, 0.717) is 0 Å². The zero-order chi connectivity index (χ0) is 10.6. The van der Waals surface area contributed by atoms with Crippen molar-refractivity contribution in [2.45, 2.75) is 0 Å². The summed E-state index contributed by atoms with van der Waals surface area (Å²) in [5.74, 6) is -4.36. The first-order chi connectivity index (χ1) is 6.61. The summed E-state index contributed by atoms with van der Waals surface area (Å²) in [5.41, 5.74) is 0.127. The van der Waals surface area contributed by atoms with Crippen molar-refractivity contribution in [3.05, 3.63) is 35.9 Å². The van der Waals surface area contributed by atoms with Crippen LogP contribution >= 0.6 is 0 Å². The lowest BCUT2D eigenvalue weighted by Gasteiger charge is -1.98. The fourth-order valence-electron chi connectivity index (χ4n) is 0.761. The summed E-state index contributed by atoms with van der Waals surface area (Å²) >= 11 is 0. The van der Waals surface area contributed by atoms with Crippen molar-refractivity contribution in [2.75, 3.05) is 0 Å². The van der Waals surface area contributed by atoms with Crippen molar-refractivity contribution in [3.63, 3.8) is 0 Å². The molecular weight excluding hydrogens is 188 g/mol. The number of carboxylic acids is 1. The number of carboxylic acid groups (broad SMARTS) is 1. The van der Waals surface area contributed by atoms with Crippen LogP contribution in [-0.2, 0) is 14.3 Å². The summed E-state index contributed by atoms with van der Waals surface area (Å²) in [6, 6.07) is 7.65. The normalized spacial score (nSPS) is 9.14. The lowest BCUT2D eigenvalue weighted by molar-refractivity contribution is -0.160. The van der Waals surface area contributed by atoms with Crippen LogP contribution in [0.3, 0.4) is 0 Å². The van der Waals surface area contributed by atoms with E-state index in [1.165, 1.54) is 12.1 Å². The van der Waals surface area contributed by atoms with Gasteiger partial charge in [0.1, 0.15) is 0 Å². The number of benzene rings is 1. The highest BCUT2D eigenvalue weighted by atomic mass is 16.6. The molecule has 0 aliphatic heterocycles. The smallest absolute Gasteiger partial charge is 0.425 e. The van der Waals surface area contributed by atoms with Crippen LogP contribution in [0.15, 0.2) is 30.3 Å². The van der Waals surface area contributed by atoms with E-state index < -0.39 is 17.9 Å². The third-order valence-corrected chi connectivity index (χ3v) is 1.37. The van der Waals surface area contributed by atoms with Crippen LogP contribution in [0.4, 0.5) is 0 Å². The van der Waals surface area contributed by atoms with Crippen LogP contribution in [0.1, 0.15) is 10.4 Å². The third-order valence-electron chi connectivity index (χ3n) is 1.37. The van der Waals surface area contributed by atoms with Gasteiger partial charge in [0.25, 0.3) is 0 Å². The minimum absolute atomic E-state index is 0.127. The van der Waals surface area contributed by atoms with Crippen LogP contribution in [0.2, 0.25) is 0 Å². The van der Waals surface area contributed by atoms with E-state index in [-0.39, 0.29) is 5.56 Å². The highest BCUT2D eigenvalue weighted by molar-refractivity contribution is 6.31. The summed E-state index contributed by atoms with van der Waals surface area (Å²) in [6.07, 6.45) is 0. The SMILES string of the molecule is O=C(O)C(=O)OC(=O)c1ccccc1. The summed E-state index contributed by atoms with van der Waals surface area (Å²) in [7, 11) is 0. The molecule has 0 amide bonds. The quantitative estimate of drug-likeness (QED) is 0.399. The van der Waals surface area contributed by atoms with Gasteiger partial charge in [-0.1, -0.05) is 18.2 Å². The molecule has 1 aromatic carbocycles. The van der Waals surface area contributed by atoms with E-state index in [4.69, 9.17) is 5.11 Å². The van der Waals surface area contributed by atoms with E-state index in [1.54, 1.807) is 18.2 Å². The summed E-state index contributed by atoms with van der Waals surface area (Å²) in [5, 5.41) is 8.15. The number of ether oxygens (including phenoxy) is 1. The largest absolute Gasteiger partial charge is 0.473 e. The molecule has 1 aromatic rings. The Kier molecular flexibility index (Phi) is 2.96. The zero-order valence-corrected chi connectivity index (χ0v) is 6.97. The molecule has 72 valence electrons. The molecule has 14 heavy (non-hydrogen) atoms. The van der Waals surface area contributed by atoms with Gasteiger partial charge in [-0.3, -0.25) is 0 Å². The minimum Gasteiger partial charge on any atom is -0.473 e. The number of carbonyl (C=O) groups is 3. The Hall–Kier alpha value is -2.17. The van der Waals surface area contributed by atoms with Crippen molar-refractivity contribution < 1.29 is 24.2 Å². The number of esters is 2. The van der Waals surface area contributed by atoms with Gasteiger partial charge in [0.2, 0.25) is 0 Å². The van der Waals surface area contributed by atoms with Gasteiger partial charge in [0.15, 0.2) is 0 Å². The van der Waals surface area contributed by atoms with Crippen LogP contribution in [0.25, 0.3) is 0 Å². The molecule has 0 unspecified atom stereocenters.